The molecule has 3 rings (SSSR count). The standard InChI is InChI=1S/C16H21N5O3/c1-9-8-24-19-14(9)17-15(22)16(23)21-7-5-6-12(21)13-10(2)18-20(4)11(13)3/h8,12H,5-7H2,1-4H3,(H,17,19,22). The molecule has 0 spiro atoms. The zero-order chi connectivity index (χ0) is 17.4. The summed E-state index contributed by atoms with van der Waals surface area (Å²) >= 11 is 0. The van der Waals surface area contributed by atoms with Gasteiger partial charge in [0.05, 0.1) is 11.7 Å². The molecule has 0 aromatic carbocycles. The first-order valence-electron chi connectivity index (χ1n) is 7.93. The molecular weight excluding hydrogens is 310 g/mol. The van der Waals surface area contributed by atoms with Crippen LogP contribution in [0.4, 0.5) is 5.82 Å². The third-order valence-electron chi connectivity index (χ3n) is 4.59. The highest BCUT2D eigenvalue weighted by Gasteiger charge is 2.36. The van der Waals surface area contributed by atoms with Gasteiger partial charge in [-0.25, -0.2) is 0 Å². The number of amides is 2. The molecule has 1 N–H and O–H groups in total. The smallest absolute Gasteiger partial charge is 0.315 e. The molecule has 2 amide bonds. The van der Waals surface area contributed by atoms with Gasteiger partial charge in [0.1, 0.15) is 6.26 Å². The highest BCUT2D eigenvalue weighted by molar-refractivity contribution is 6.39. The van der Waals surface area contributed by atoms with Crippen LogP contribution in [0.1, 0.15) is 41.4 Å². The Balaban J connectivity index is 1.81. The molecule has 1 atom stereocenters. The highest BCUT2D eigenvalue weighted by atomic mass is 16.5. The fourth-order valence-electron chi connectivity index (χ4n) is 3.28. The van der Waals surface area contributed by atoms with Crippen LogP contribution in [0.15, 0.2) is 10.8 Å². The Morgan fingerprint density at radius 2 is 2.08 bits per heavy atom. The molecule has 2 aromatic rings. The minimum Gasteiger partial charge on any atom is -0.362 e. The molecule has 8 nitrogen and oxygen atoms in total. The summed E-state index contributed by atoms with van der Waals surface area (Å²) in [7, 11) is 1.88. The fourth-order valence-corrected chi connectivity index (χ4v) is 3.28. The van der Waals surface area contributed by atoms with Crippen LogP contribution in [0.25, 0.3) is 0 Å². The van der Waals surface area contributed by atoms with Crippen LogP contribution in [0.3, 0.4) is 0 Å². The predicted octanol–water partition coefficient (Wildman–Crippen LogP) is 1.64. The maximum atomic E-state index is 12.6. The molecule has 0 bridgehead atoms. The van der Waals surface area contributed by atoms with Gasteiger partial charge in [-0.1, -0.05) is 5.16 Å². The van der Waals surface area contributed by atoms with Gasteiger partial charge < -0.3 is 9.42 Å². The molecule has 3 heterocycles. The van der Waals surface area contributed by atoms with Gasteiger partial charge in [-0.15, -0.1) is 0 Å². The average Bonchev–Trinajstić information content (AvgIpc) is 3.21. The van der Waals surface area contributed by atoms with Crippen molar-refractivity contribution in [3.63, 3.8) is 0 Å². The SMILES string of the molecule is Cc1conc1NC(=O)C(=O)N1CCCC1c1c(C)nn(C)c1C. The van der Waals surface area contributed by atoms with Gasteiger partial charge in [0.25, 0.3) is 0 Å². The maximum absolute atomic E-state index is 12.6. The van der Waals surface area contributed by atoms with E-state index in [1.807, 2.05) is 25.6 Å². The quantitative estimate of drug-likeness (QED) is 0.844. The molecule has 128 valence electrons. The fraction of sp³-hybridized carbons (Fsp3) is 0.500. The summed E-state index contributed by atoms with van der Waals surface area (Å²) in [6.45, 7) is 6.22. The Labute approximate surface area is 139 Å². The number of likely N-dealkylation sites (tertiary alicyclic amines) is 1. The Bertz CT molecular complexity index is 792. The lowest BCUT2D eigenvalue weighted by Gasteiger charge is -2.24. The van der Waals surface area contributed by atoms with Gasteiger partial charge in [0.15, 0.2) is 5.82 Å². The molecule has 1 aliphatic heterocycles. The van der Waals surface area contributed by atoms with Crippen LogP contribution < -0.4 is 5.32 Å². The maximum Gasteiger partial charge on any atom is 0.315 e. The Kier molecular flexibility index (Phi) is 4.13. The van der Waals surface area contributed by atoms with E-state index in [0.717, 1.165) is 29.8 Å². The topological polar surface area (TPSA) is 93.3 Å². The van der Waals surface area contributed by atoms with E-state index >= 15 is 0 Å². The number of nitrogens with one attached hydrogen (secondary N) is 1. The van der Waals surface area contributed by atoms with E-state index in [-0.39, 0.29) is 11.9 Å². The van der Waals surface area contributed by atoms with Crippen molar-refractivity contribution in [2.24, 2.45) is 7.05 Å². The van der Waals surface area contributed by atoms with Crippen molar-refractivity contribution in [1.29, 1.82) is 0 Å². The minimum absolute atomic E-state index is 0.115. The first-order valence-corrected chi connectivity index (χ1v) is 7.93. The third-order valence-corrected chi connectivity index (χ3v) is 4.59. The van der Waals surface area contributed by atoms with E-state index in [4.69, 9.17) is 4.52 Å². The summed E-state index contributed by atoms with van der Waals surface area (Å²) in [5, 5.41) is 10.6. The van der Waals surface area contributed by atoms with Crippen molar-refractivity contribution in [3.8, 4) is 0 Å². The molecule has 0 aliphatic carbocycles. The van der Waals surface area contributed by atoms with Crippen LogP contribution in [0, 0.1) is 20.8 Å². The summed E-state index contributed by atoms with van der Waals surface area (Å²) in [5.74, 6) is -0.974. The molecule has 1 fully saturated rings. The van der Waals surface area contributed by atoms with Crippen LogP contribution in [0.2, 0.25) is 0 Å². The van der Waals surface area contributed by atoms with E-state index in [1.165, 1.54) is 6.26 Å². The van der Waals surface area contributed by atoms with Crippen LogP contribution in [-0.4, -0.2) is 38.2 Å². The van der Waals surface area contributed by atoms with Crippen LogP contribution in [-0.2, 0) is 16.6 Å². The molecule has 0 radical (unpaired) electrons. The largest absolute Gasteiger partial charge is 0.362 e. The molecule has 8 heteroatoms. The Morgan fingerprint density at radius 1 is 1.33 bits per heavy atom. The van der Waals surface area contributed by atoms with E-state index in [1.54, 1.807) is 11.8 Å². The third kappa shape index (κ3) is 2.68. The number of aromatic nitrogens is 3. The van der Waals surface area contributed by atoms with Crippen molar-refractivity contribution >= 4 is 17.6 Å². The van der Waals surface area contributed by atoms with E-state index in [9.17, 15) is 9.59 Å². The predicted molar refractivity (Wildman–Crippen MR) is 86.2 cm³/mol. The van der Waals surface area contributed by atoms with Crippen molar-refractivity contribution in [1.82, 2.24) is 19.8 Å². The Morgan fingerprint density at radius 3 is 2.67 bits per heavy atom. The second-order valence-electron chi connectivity index (χ2n) is 6.16. The summed E-state index contributed by atoms with van der Waals surface area (Å²) in [6, 6.07) is -0.115. The number of hydrogen-bond donors (Lipinski definition) is 1. The number of aryl methyl sites for hydroxylation is 3. The molecule has 1 saturated heterocycles. The molecule has 2 aromatic heterocycles. The first-order chi connectivity index (χ1) is 11.4. The van der Waals surface area contributed by atoms with Gasteiger partial charge in [-0.3, -0.25) is 19.6 Å². The van der Waals surface area contributed by atoms with Gasteiger partial charge in [0.2, 0.25) is 0 Å². The second-order valence-corrected chi connectivity index (χ2v) is 6.16. The zero-order valence-electron chi connectivity index (χ0n) is 14.3. The van der Waals surface area contributed by atoms with Gasteiger partial charge in [0, 0.05) is 30.4 Å². The lowest BCUT2D eigenvalue weighted by atomic mass is 10.0. The van der Waals surface area contributed by atoms with Gasteiger partial charge in [-0.2, -0.15) is 5.10 Å². The number of hydrogen-bond acceptors (Lipinski definition) is 5. The lowest BCUT2D eigenvalue weighted by molar-refractivity contribution is -0.143. The lowest BCUT2D eigenvalue weighted by Crippen LogP contribution is -2.39. The molecule has 1 aliphatic rings. The van der Waals surface area contributed by atoms with Crippen LogP contribution >= 0.6 is 0 Å². The van der Waals surface area contributed by atoms with E-state index in [0.29, 0.717) is 12.1 Å². The summed E-state index contributed by atoms with van der Waals surface area (Å²) in [4.78, 5) is 26.5. The second kappa shape index (κ2) is 6.10. The number of rotatable bonds is 2. The minimum atomic E-state index is -0.696. The van der Waals surface area contributed by atoms with Gasteiger partial charge >= 0.3 is 11.8 Å². The first kappa shape index (κ1) is 16.2. The van der Waals surface area contributed by atoms with Crippen molar-refractivity contribution < 1.29 is 14.1 Å². The monoisotopic (exact) mass is 331 g/mol. The van der Waals surface area contributed by atoms with Gasteiger partial charge in [-0.05, 0) is 33.6 Å². The highest BCUT2D eigenvalue weighted by Crippen LogP contribution is 2.35. The summed E-state index contributed by atoms with van der Waals surface area (Å²) in [6.07, 6.45) is 3.11. The number of nitrogens with zero attached hydrogens (tertiary/aromatic N) is 4. The van der Waals surface area contributed by atoms with E-state index in [2.05, 4.69) is 15.6 Å². The molecular formula is C16H21N5O3. The van der Waals surface area contributed by atoms with Crippen molar-refractivity contribution in [2.45, 2.75) is 39.7 Å². The Hall–Kier alpha value is -2.64. The normalized spacial score (nSPS) is 17.3. The van der Waals surface area contributed by atoms with Crippen molar-refractivity contribution in [2.75, 3.05) is 11.9 Å². The number of carbonyl (C=O) groups excluding carboxylic acids is 2. The molecule has 0 saturated carbocycles. The average molecular weight is 331 g/mol. The molecule has 24 heavy (non-hydrogen) atoms. The van der Waals surface area contributed by atoms with Crippen molar-refractivity contribution in [3.05, 3.63) is 28.8 Å². The zero-order valence-corrected chi connectivity index (χ0v) is 14.3. The number of anilines is 1. The summed E-state index contributed by atoms with van der Waals surface area (Å²) in [5.41, 5.74) is 3.62. The summed E-state index contributed by atoms with van der Waals surface area (Å²) < 4.78 is 6.59. The number of carbonyl (C=O) groups is 2. The van der Waals surface area contributed by atoms with Crippen LogP contribution in [0.5, 0.6) is 0 Å². The molecule has 1 unspecified atom stereocenters. The van der Waals surface area contributed by atoms with E-state index < -0.39 is 11.8 Å².